The van der Waals surface area contributed by atoms with E-state index < -0.39 is 11.5 Å². The maximum absolute atomic E-state index is 11.9. The van der Waals surface area contributed by atoms with Crippen LogP contribution in [-0.2, 0) is 4.79 Å². The molecule has 0 spiro atoms. The Morgan fingerprint density at radius 1 is 1.41 bits per heavy atom. The fourth-order valence-electron chi connectivity index (χ4n) is 2.69. The highest BCUT2D eigenvalue weighted by molar-refractivity contribution is 5.96. The summed E-state index contributed by atoms with van der Waals surface area (Å²) in [5.74, 6) is -0.394. The molecule has 1 atom stereocenters. The molecule has 1 saturated heterocycles. The van der Waals surface area contributed by atoms with E-state index in [0.29, 0.717) is 6.04 Å². The first-order valence-corrected chi connectivity index (χ1v) is 7.74. The fourth-order valence-corrected chi connectivity index (χ4v) is 2.69. The van der Waals surface area contributed by atoms with Crippen molar-refractivity contribution >= 4 is 17.3 Å². The van der Waals surface area contributed by atoms with Crippen LogP contribution in [0.1, 0.15) is 25.8 Å². The Balaban J connectivity index is 2.16. The molecule has 1 unspecified atom stereocenters. The molecular weight excluding hydrogens is 278 g/mol. The summed E-state index contributed by atoms with van der Waals surface area (Å²) in [5.41, 5.74) is 1.69. The number of amides is 1. The lowest BCUT2D eigenvalue weighted by Gasteiger charge is -2.24. The molecule has 0 aliphatic carbocycles. The van der Waals surface area contributed by atoms with Crippen LogP contribution >= 0.6 is 0 Å². The lowest BCUT2D eigenvalue weighted by molar-refractivity contribution is -0.130. The van der Waals surface area contributed by atoms with Gasteiger partial charge in [-0.05, 0) is 59.0 Å². The van der Waals surface area contributed by atoms with Gasteiger partial charge in [0.15, 0.2) is 0 Å². The summed E-state index contributed by atoms with van der Waals surface area (Å²) in [5, 5.41) is 12.5. The molecule has 1 aliphatic rings. The second-order valence-corrected chi connectivity index (χ2v) is 6.87. The molecule has 1 aromatic rings. The number of likely N-dealkylation sites (N-methyl/N-ethyl adjacent to an activating group) is 1. The number of nitrogens with one attached hydrogen (secondary N) is 1. The third-order valence-corrected chi connectivity index (χ3v) is 4.26. The third-order valence-electron chi connectivity index (χ3n) is 4.26. The van der Waals surface area contributed by atoms with Crippen molar-refractivity contribution in [3.8, 4) is 0 Å². The Morgan fingerprint density at radius 3 is 2.64 bits per heavy atom. The van der Waals surface area contributed by atoms with E-state index in [9.17, 15) is 9.90 Å². The second-order valence-electron chi connectivity index (χ2n) is 6.87. The molecule has 2 N–H and O–H groups in total. The Bertz CT molecular complexity index is 549. The van der Waals surface area contributed by atoms with Crippen LogP contribution in [0.5, 0.6) is 0 Å². The molecular formula is C17H27N3O2. The lowest BCUT2D eigenvalue weighted by atomic mass is 10.1. The number of aryl methyl sites for hydroxylation is 1. The lowest BCUT2D eigenvalue weighted by Crippen LogP contribution is -2.36. The van der Waals surface area contributed by atoms with Crippen molar-refractivity contribution < 1.29 is 9.90 Å². The third kappa shape index (κ3) is 3.78. The summed E-state index contributed by atoms with van der Waals surface area (Å²) >= 11 is 0. The number of carbonyl (C=O) groups is 1. The number of anilines is 2. The van der Waals surface area contributed by atoms with Crippen molar-refractivity contribution in [3.63, 3.8) is 0 Å². The van der Waals surface area contributed by atoms with Gasteiger partial charge < -0.3 is 20.2 Å². The van der Waals surface area contributed by atoms with E-state index in [1.807, 2.05) is 18.2 Å². The molecule has 5 heteroatoms. The Kier molecular flexibility index (Phi) is 4.78. The Hall–Kier alpha value is -1.59. The van der Waals surface area contributed by atoms with Crippen LogP contribution < -0.4 is 10.2 Å². The summed E-state index contributed by atoms with van der Waals surface area (Å²) in [6, 6.07) is 6.45. The van der Waals surface area contributed by atoms with Gasteiger partial charge in [-0.1, -0.05) is 6.07 Å². The first kappa shape index (κ1) is 16.8. The number of aliphatic hydroxyl groups is 1. The average molecular weight is 305 g/mol. The van der Waals surface area contributed by atoms with Gasteiger partial charge in [-0.2, -0.15) is 0 Å². The quantitative estimate of drug-likeness (QED) is 0.891. The average Bonchev–Trinajstić information content (AvgIpc) is 2.89. The van der Waals surface area contributed by atoms with Gasteiger partial charge in [-0.15, -0.1) is 0 Å². The number of nitrogens with zero attached hydrogens (tertiary/aromatic N) is 2. The molecule has 0 bridgehead atoms. The Morgan fingerprint density at radius 2 is 2.09 bits per heavy atom. The van der Waals surface area contributed by atoms with E-state index in [4.69, 9.17) is 0 Å². The number of carbonyl (C=O) groups excluding carboxylic acids is 1. The molecule has 1 aromatic carbocycles. The number of hydrogen-bond donors (Lipinski definition) is 2. The van der Waals surface area contributed by atoms with Gasteiger partial charge in [0.05, 0.1) is 0 Å². The molecule has 22 heavy (non-hydrogen) atoms. The van der Waals surface area contributed by atoms with E-state index in [2.05, 4.69) is 36.1 Å². The molecule has 122 valence electrons. The zero-order valence-corrected chi connectivity index (χ0v) is 14.2. The zero-order chi connectivity index (χ0) is 16.5. The summed E-state index contributed by atoms with van der Waals surface area (Å²) in [6.07, 6.45) is 1.15. The highest BCUT2D eigenvalue weighted by Crippen LogP contribution is 2.28. The maximum atomic E-state index is 11.9. The van der Waals surface area contributed by atoms with E-state index in [-0.39, 0.29) is 0 Å². The predicted octanol–water partition coefficient (Wildman–Crippen LogP) is 1.84. The molecule has 0 radical (unpaired) electrons. The van der Waals surface area contributed by atoms with Crippen molar-refractivity contribution in [2.75, 3.05) is 37.4 Å². The van der Waals surface area contributed by atoms with Crippen LogP contribution in [0.4, 0.5) is 11.4 Å². The zero-order valence-electron chi connectivity index (χ0n) is 14.2. The molecule has 1 amide bonds. The maximum Gasteiger partial charge on any atom is 0.255 e. The van der Waals surface area contributed by atoms with Crippen LogP contribution in [0.2, 0.25) is 0 Å². The normalized spacial score (nSPS) is 18.9. The minimum atomic E-state index is -1.38. The topological polar surface area (TPSA) is 55.8 Å². The predicted molar refractivity (Wildman–Crippen MR) is 90.4 cm³/mol. The van der Waals surface area contributed by atoms with Crippen LogP contribution in [0.25, 0.3) is 0 Å². The van der Waals surface area contributed by atoms with Gasteiger partial charge in [0, 0.05) is 30.5 Å². The molecule has 1 aliphatic heterocycles. The van der Waals surface area contributed by atoms with Gasteiger partial charge in [0.2, 0.25) is 0 Å². The molecule has 1 heterocycles. The van der Waals surface area contributed by atoms with Gasteiger partial charge >= 0.3 is 0 Å². The van der Waals surface area contributed by atoms with E-state index in [1.165, 1.54) is 19.4 Å². The summed E-state index contributed by atoms with van der Waals surface area (Å²) < 4.78 is 0. The molecule has 5 nitrogen and oxygen atoms in total. The summed E-state index contributed by atoms with van der Waals surface area (Å²) in [4.78, 5) is 16.5. The Labute approximate surface area is 132 Å². The van der Waals surface area contributed by atoms with E-state index in [0.717, 1.165) is 30.9 Å². The van der Waals surface area contributed by atoms with E-state index in [1.54, 1.807) is 0 Å². The van der Waals surface area contributed by atoms with Gasteiger partial charge in [-0.3, -0.25) is 4.79 Å². The number of benzene rings is 1. The van der Waals surface area contributed by atoms with Gasteiger partial charge in [0.1, 0.15) is 5.60 Å². The van der Waals surface area contributed by atoms with E-state index >= 15 is 0 Å². The van der Waals surface area contributed by atoms with Crippen LogP contribution in [0.15, 0.2) is 18.2 Å². The first-order chi connectivity index (χ1) is 10.2. The SMILES string of the molecule is Cc1ccc(NC(=O)C(C)(C)O)cc1N1CCC(N(C)C)C1. The van der Waals surface area contributed by atoms with Crippen molar-refractivity contribution in [1.82, 2.24) is 4.90 Å². The minimum absolute atomic E-state index is 0.394. The van der Waals surface area contributed by atoms with Gasteiger partial charge in [0.25, 0.3) is 5.91 Å². The number of rotatable bonds is 4. The minimum Gasteiger partial charge on any atom is -0.381 e. The second kappa shape index (κ2) is 6.26. The van der Waals surface area contributed by atoms with Gasteiger partial charge in [-0.25, -0.2) is 0 Å². The first-order valence-electron chi connectivity index (χ1n) is 7.74. The molecule has 0 saturated carbocycles. The van der Waals surface area contributed by atoms with Crippen LogP contribution in [0, 0.1) is 6.92 Å². The largest absolute Gasteiger partial charge is 0.381 e. The molecule has 1 fully saturated rings. The number of hydrogen-bond acceptors (Lipinski definition) is 4. The monoisotopic (exact) mass is 305 g/mol. The van der Waals surface area contributed by atoms with Crippen molar-refractivity contribution in [3.05, 3.63) is 23.8 Å². The standard InChI is InChI=1S/C17H27N3O2/c1-12-6-7-13(18-16(21)17(2,3)22)10-15(12)20-9-8-14(11-20)19(4)5/h6-7,10,14,22H,8-9,11H2,1-5H3,(H,18,21). The van der Waals surface area contributed by atoms with Crippen molar-refractivity contribution in [2.24, 2.45) is 0 Å². The fraction of sp³-hybridized carbons (Fsp3) is 0.588. The molecule has 2 rings (SSSR count). The highest BCUT2D eigenvalue weighted by atomic mass is 16.3. The highest BCUT2D eigenvalue weighted by Gasteiger charge is 2.26. The van der Waals surface area contributed by atoms with Crippen molar-refractivity contribution in [1.29, 1.82) is 0 Å². The van der Waals surface area contributed by atoms with Crippen LogP contribution in [-0.4, -0.2) is 54.7 Å². The van der Waals surface area contributed by atoms with Crippen molar-refractivity contribution in [2.45, 2.75) is 38.8 Å². The summed E-state index contributed by atoms with van der Waals surface area (Å²) in [6.45, 7) is 7.07. The smallest absolute Gasteiger partial charge is 0.255 e. The molecule has 0 aromatic heterocycles. The summed E-state index contributed by atoms with van der Waals surface area (Å²) in [7, 11) is 4.22. The van der Waals surface area contributed by atoms with Crippen LogP contribution in [0.3, 0.4) is 0 Å².